The van der Waals surface area contributed by atoms with Gasteiger partial charge in [0.1, 0.15) is 5.82 Å². The van der Waals surface area contributed by atoms with Crippen LogP contribution < -0.4 is 10.6 Å². The highest BCUT2D eigenvalue weighted by molar-refractivity contribution is 6.32. The van der Waals surface area contributed by atoms with Crippen molar-refractivity contribution in [1.82, 2.24) is 25.5 Å². The number of likely N-dealkylation sites (N-methyl/N-ethyl adjacent to an activating group) is 1. The Bertz CT molecular complexity index is 1140. The summed E-state index contributed by atoms with van der Waals surface area (Å²) in [5.41, 5.74) is -1.84. The van der Waals surface area contributed by atoms with E-state index in [1.807, 2.05) is 0 Å². The maximum Gasteiger partial charge on any atom is 0.395 e. The monoisotopic (exact) mass is 563 g/mol. The third-order valence-corrected chi connectivity index (χ3v) is 7.32. The lowest BCUT2D eigenvalue weighted by atomic mass is 9.84. The highest BCUT2D eigenvalue weighted by atomic mass is 35.5. The molecule has 202 valence electrons. The van der Waals surface area contributed by atoms with Gasteiger partial charge in [0.25, 0.3) is 5.91 Å². The van der Waals surface area contributed by atoms with E-state index in [2.05, 4.69) is 20.6 Å². The van der Waals surface area contributed by atoms with Gasteiger partial charge in [-0.1, -0.05) is 29.3 Å². The van der Waals surface area contributed by atoms with Crippen LogP contribution in [0.15, 0.2) is 24.5 Å². The molecule has 2 atom stereocenters. The van der Waals surface area contributed by atoms with Crippen LogP contribution in [0.25, 0.3) is 0 Å². The van der Waals surface area contributed by atoms with Gasteiger partial charge in [0.05, 0.1) is 21.0 Å². The average molecular weight is 564 g/mol. The summed E-state index contributed by atoms with van der Waals surface area (Å²) < 4.78 is 56.3. The number of nitrogens with zero attached hydrogens (tertiary/aromatic N) is 3. The number of hydrogen-bond donors (Lipinski definition) is 2. The highest BCUT2D eigenvalue weighted by Gasteiger charge is 2.68. The van der Waals surface area contributed by atoms with Crippen LogP contribution in [0.4, 0.5) is 17.6 Å². The number of nitrogens with one attached hydrogen (secondary N) is 2. The van der Waals surface area contributed by atoms with Gasteiger partial charge in [-0.2, -0.15) is 13.2 Å². The Morgan fingerprint density at radius 3 is 2.30 bits per heavy atom. The van der Waals surface area contributed by atoms with E-state index in [1.54, 1.807) is 19.0 Å². The number of carbonyl (C=O) groups excluding carboxylic acids is 2. The second kappa shape index (κ2) is 11.5. The number of benzene rings is 1. The first kappa shape index (κ1) is 29.1. The summed E-state index contributed by atoms with van der Waals surface area (Å²) in [6, 6.07) is 2.49. The van der Waals surface area contributed by atoms with Crippen molar-refractivity contribution >= 4 is 35.0 Å². The van der Waals surface area contributed by atoms with Crippen LogP contribution in [0.1, 0.15) is 46.9 Å². The maximum absolute atomic E-state index is 14.6. The summed E-state index contributed by atoms with van der Waals surface area (Å²) in [5.74, 6) is -3.42. The number of amides is 2. The number of hydrogen-bond acceptors (Lipinski definition) is 5. The van der Waals surface area contributed by atoms with E-state index >= 15 is 0 Å². The Balaban J connectivity index is 1.73. The van der Waals surface area contributed by atoms with Crippen LogP contribution in [0, 0.1) is 11.2 Å². The van der Waals surface area contributed by atoms with Gasteiger partial charge in [-0.15, -0.1) is 0 Å². The Morgan fingerprint density at radius 2 is 1.78 bits per heavy atom. The summed E-state index contributed by atoms with van der Waals surface area (Å²) in [5, 5.41) is 4.99. The molecule has 0 aliphatic heterocycles. The maximum atomic E-state index is 14.6. The van der Waals surface area contributed by atoms with Crippen LogP contribution in [0.5, 0.6) is 0 Å². The van der Waals surface area contributed by atoms with E-state index in [0.717, 1.165) is 0 Å². The van der Waals surface area contributed by atoms with Crippen LogP contribution >= 0.6 is 23.2 Å². The van der Waals surface area contributed by atoms with Crippen LogP contribution in [0.2, 0.25) is 10.0 Å². The normalized spacial score (nSPS) is 16.3. The Kier molecular flexibility index (Phi) is 9.02. The van der Waals surface area contributed by atoms with E-state index in [9.17, 15) is 27.2 Å². The van der Waals surface area contributed by atoms with Gasteiger partial charge < -0.3 is 15.5 Å². The second-order valence-corrected chi connectivity index (χ2v) is 10.1. The van der Waals surface area contributed by atoms with Crippen molar-refractivity contribution in [3.8, 4) is 0 Å². The van der Waals surface area contributed by atoms with Crippen molar-refractivity contribution in [3.05, 3.63) is 57.3 Å². The lowest BCUT2D eigenvalue weighted by Gasteiger charge is -2.29. The Labute approximate surface area is 221 Å². The van der Waals surface area contributed by atoms with E-state index in [1.165, 1.54) is 31.6 Å². The predicted octanol–water partition coefficient (Wildman–Crippen LogP) is 4.39. The van der Waals surface area contributed by atoms with Crippen molar-refractivity contribution in [1.29, 1.82) is 0 Å². The smallest absolute Gasteiger partial charge is 0.355 e. The van der Waals surface area contributed by atoms with Crippen LogP contribution in [-0.2, 0) is 11.2 Å². The van der Waals surface area contributed by atoms with E-state index < -0.39 is 41.6 Å². The minimum absolute atomic E-state index is 0.0637. The Hall–Kier alpha value is -2.50. The molecule has 0 spiro atoms. The minimum atomic E-state index is -4.52. The number of aromatic nitrogens is 2. The van der Waals surface area contributed by atoms with Gasteiger partial charge in [-0.25, -0.2) is 14.4 Å². The first-order valence-electron chi connectivity index (χ1n) is 11.5. The standard InChI is InChI=1S/C24H27Cl2F4N5O2/c1-31-22(37)16-5-4-13(19(26)20(16)27)8-15(35(2)3)12-32-18(36)9-17(21-33-10-14(25)11-34-21)23(6-7-23)24(28,29)30/h4-5,10-11,15,17H,6-9,12H2,1-3H3,(H,31,37)(H,32,36). The molecule has 7 nitrogen and oxygen atoms in total. The molecule has 37 heavy (non-hydrogen) atoms. The third kappa shape index (κ3) is 6.50. The zero-order valence-electron chi connectivity index (χ0n) is 20.4. The molecule has 0 radical (unpaired) electrons. The molecule has 1 aliphatic carbocycles. The number of alkyl halides is 3. The van der Waals surface area contributed by atoms with Crippen molar-refractivity contribution in [2.45, 2.75) is 43.8 Å². The first-order chi connectivity index (χ1) is 17.3. The summed E-state index contributed by atoms with van der Waals surface area (Å²) in [7, 11) is 4.86. The topological polar surface area (TPSA) is 87.2 Å². The van der Waals surface area contributed by atoms with Gasteiger partial charge in [0.2, 0.25) is 5.91 Å². The van der Waals surface area contributed by atoms with Crippen LogP contribution in [0.3, 0.4) is 0 Å². The molecule has 2 amide bonds. The zero-order valence-corrected chi connectivity index (χ0v) is 21.9. The minimum Gasteiger partial charge on any atom is -0.355 e. The molecule has 1 aliphatic rings. The molecule has 1 heterocycles. The molecule has 2 N–H and O–H groups in total. The van der Waals surface area contributed by atoms with Crippen molar-refractivity contribution in [2.24, 2.45) is 5.41 Å². The fraction of sp³-hybridized carbons (Fsp3) is 0.500. The molecule has 1 saturated carbocycles. The van der Waals surface area contributed by atoms with E-state index in [-0.39, 0.29) is 53.3 Å². The molecule has 2 aromatic rings. The molecule has 3 rings (SSSR count). The van der Waals surface area contributed by atoms with Crippen molar-refractivity contribution < 1.29 is 27.2 Å². The molecular weight excluding hydrogens is 537 g/mol. The summed E-state index contributed by atoms with van der Waals surface area (Å²) in [4.78, 5) is 34.3. The summed E-state index contributed by atoms with van der Waals surface area (Å²) >= 11 is 12.0. The van der Waals surface area contributed by atoms with Gasteiger partial charge in [-0.3, -0.25) is 9.59 Å². The summed E-state index contributed by atoms with van der Waals surface area (Å²) in [6.07, 6.45) is -2.57. The van der Waals surface area contributed by atoms with Crippen LogP contribution in [-0.4, -0.2) is 66.6 Å². The molecule has 0 saturated heterocycles. The average Bonchev–Trinajstić information content (AvgIpc) is 3.65. The predicted molar refractivity (Wildman–Crippen MR) is 131 cm³/mol. The largest absolute Gasteiger partial charge is 0.395 e. The van der Waals surface area contributed by atoms with Gasteiger partial charge in [-0.05, 0) is 45.0 Å². The van der Waals surface area contributed by atoms with E-state index in [0.29, 0.717) is 5.56 Å². The van der Waals surface area contributed by atoms with Crippen molar-refractivity contribution in [3.63, 3.8) is 0 Å². The molecule has 2 unspecified atom stereocenters. The molecular formula is C24H27Cl2F4N5O2. The quantitative estimate of drug-likeness (QED) is 0.419. The van der Waals surface area contributed by atoms with Gasteiger partial charge in [0.15, 0.2) is 5.82 Å². The third-order valence-electron chi connectivity index (χ3n) is 6.72. The highest BCUT2D eigenvalue weighted by Crippen LogP contribution is 2.65. The number of rotatable bonds is 10. The molecule has 1 fully saturated rings. The zero-order chi connectivity index (χ0) is 27.5. The SMILES string of the molecule is CNC(=O)c1ccc(CC(CNC(=O)CC(c2ncc(Cl)cn2)C2(C(F)(F)F)CC2)N(C)C)c(Cl)c1F. The van der Waals surface area contributed by atoms with E-state index in [4.69, 9.17) is 23.2 Å². The van der Waals surface area contributed by atoms with Crippen molar-refractivity contribution in [2.75, 3.05) is 27.7 Å². The van der Waals surface area contributed by atoms with Gasteiger partial charge in [0, 0.05) is 44.4 Å². The molecule has 1 aromatic heterocycles. The molecule has 0 bridgehead atoms. The summed E-state index contributed by atoms with van der Waals surface area (Å²) in [6.45, 7) is 0.0637. The number of carbonyl (C=O) groups is 2. The fourth-order valence-corrected chi connectivity index (χ4v) is 4.58. The Morgan fingerprint density at radius 1 is 1.16 bits per heavy atom. The second-order valence-electron chi connectivity index (χ2n) is 9.28. The van der Waals surface area contributed by atoms with Gasteiger partial charge >= 0.3 is 6.18 Å². The molecule has 1 aromatic carbocycles. The number of halogens is 6. The molecule has 13 heteroatoms. The first-order valence-corrected chi connectivity index (χ1v) is 12.2. The fourth-order valence-electron chi connectivity index (χ4n) is 4.24. The lowest BCUT2D eigenvalue weighted by molar-refractivity contribution is -0.195. The lowest BCUT2D eigenvalue weighted by Crippen LogP contribution is -2.43.